The first kappa shape index (κ1) is 14.9. The molecule has 1 heterocycles. The van der Waals surface area contributed by atoms with Crippen molar-refractivity contribution >= 4 is 40.1 Å². The fourth-order valence-electron chi connectivity index (χ4n) is 1.71. The Morgan fingerprint density at radius 3 is 2.85 bits per heavy atom. The van der Waals surface area contributed by atoms with Crippen LogP contribution in [-0.4, -0.2) is 17.4 Å². The average Bonchev–Trinajstić information content (AvgIpc) is 2.93. The van der Waals surface area contributed by atoms with Crippen LogP contribution in [0.1, 0.15) is 16.1 Å². The molecule has 0 aliphatic rings. The standard InChI is InChI=1S/C15H11ClINO2/c1-2-7-18(10-12-4-3-8-20-12)15(19)11-5-6-13(16)14(17)9-11/h1,3-6,8-9H,7,10H2. The Bertz CT molecular complexity index is 646. The Labute approximate surface area is 136 Å². The van der Waals surface area contributed by atoms with Crippen molar-refractivity contribution in [2.75, 3.05) is 6.54 Å². The van der Waals surface area contributed by atoms with E-state index in [0.29, 0.717) is 22.9 Å². The lowest BCUT2D eigenvalue weighted by Crippen LogP contribution is -2.30. The second-order valence-corrected chi connectivity index (χ2v) is 5.64. The van der Waals surface area contributed by atoms with Gasteiger partial charge in [-0.1, -0.05) is 17.5 Å². The number of halogens is 2. The molecule has 0 saturated heterocycles. The van der Waals surface area contributed by atoms with Crippen molar-refractivity contribution in [3.63, 3.8) is 0 Å². The minimum absolute atomic E-state index is 0.145. The van der Waals surface area contributed by atoms with Crippen LogP contribution >= 0.6 is 34.2 Å². The molecule has 0 atom stereocenters. The van der Waals surface area contributed by atoms with Crippen LogP contribution in [0.25, 0.3) is 0 Å². The van der Waals surface area contributed by atoms with E-state index in [1.54, 1.807) is 35.4 Å². The summed E-state index contributed by atoms with van der Waals surface area (Å²) in [5, 5.41) is 0.622. The summed E-state index contributed by atoms with van der Waals surface area (Å²) >= 11 is 8.05. The lowest BCUT2D eigenvalue weighted by atomic mass is 10.2. The molecule has 0 radical (unpaired) electrons. The van der Waals surface area contributed by atoms with Crippen LogP contribution in [0.5, 0.6) is 0 Å². The summed E-state index contributed by atoms with van der Waals surface area (Å²) in [6, 6.07) is 8.73. The SMILES string of the molecule is C#CCN(Cc1ccco1)C(=O)c1ccc(Cl)c(I)c1. The van der Waals surface area contributed by atoms with Crippen LogP contribution in [0.4, 0.5) is 0 Å². The van der Waals surface area contributed by atoms with Gasteiger partial charge in [0.05, 0.1) is 24.4 Å². The van der Waals surface area contributed by atoms with Crippen molar-refractivity contribution in [2.24, 2.45) is 0 Å². The molecule has 20 heavy (non-hydrogen) atoms. The summed E-state index contributed by atoms with van der Waals surface area (Å²) in [5.74, 6) is 3.04. The highest BCUT2D eigenvalue weighted by molar-refractivity contribution is 14.1. The van der Waals surface area contributed by atoms with E-state index in [-0.39, 0.29) is 12.5 Å². The number of hydrogen-bond acceptors (Lipinski definition) is 2. The summed E-state index contributed by atoms with van der Waals surface area (Å²) in [7, 11) is 0. The number of benzene rings is 1. The van der Waals surface area contributed by atoms with Gasteiger partial charge in [0.25, 0.3) is 5.91 Å². The van der Waals surface area contributed by atoms with Crippen LogP contribution in [-0.2, 0) is 6.54 Å². The lowest BCUT2D eigenvalue weighted by molar-refractivity contribution is 0.0755. The molecule has 0 unspecified atom stereocenters. The van der Waals surface area contributed by atoms with Crippen molar-refractivity contribution < 1.29 is 9.21 Å². The molecular formula is C15H11ClINO2. The predicted molar refractivity (Wildman–Crippen MR) is 86.5 cm³/mol. The topological polar surface area (TPSA) is 33.5 Å². The van der Waals surface area contributed by atoms with E-state index < -0.39 is 0 Å². The third-order valence-corrected chi connectivity index (χ3v) is 4.20. The van der Waals surface area contributed by atoms with Gasteiger partial charge in [-0.2, -0.15) is 0 Å². The maximum absolute atomic E-state index is 12.5. The minimum atomic E-state index is -0.145. The number of carbonyl (C=O) groups excluding carboxylic acids is 1. The van der Waals surface area contributed by atoms with Gasteiger partial charge in [-0.3, -0.25) is 4.79 Å². The Balaban J connectivity index is 2.22. The number of nitrogens with zero attached hydrogens (tertiary/aromatic N) is 1. The van der Waals surface area contributed by atoms with Gasteiger partial charge in [-0.25, -0.2) is 0 Å². The normalized spacial score (nSPS) is 10.1. The highest BCUT2D eigenvalue weighted by Crippen LogP contribution is 2.20. The van der Waals surface area contributed by atoms with E-state index in [4.69, 9.17) is 22.4 Å². The number of furan rings is 1. The minimum Gasteiger partial charge on any atom is -0.467 e. The highest BCUT2D eigenvalue weighted by Gasteiger charge is 2.17. The summed E-state index contributed by atoms with van der Waals surface area (Å²) < 4.78 is 6.08. The molecule has 2 aromatic rings. The van der Waals surface area contributed by atoms with Gasteiger partial charge in [0.1, 0.15) is 5.76 Å². The molecule has 5 heteroatoms. The average molecular weight is 400 g/mol. The van der Waals surface area contributed by atoms with Gasteiger partial charge in [0, 0.05) is 9.13 Å². The van der Waals surface area contributed by atoms with Crippen LogP contribution in [0.15, 0.2) is 41.0 Å². The quantitative estimate of drug-likeness (QED) is 0.579. The Kier molecular flexibility index (Phi) is 5.10. The molecule has 0 N–H and O–H groups in total. The van der Waals surface area contributed by atoms with E-state index in [2.05, 4.69) is 28.5 Å². The van der Waals surface area contributed by atoms with E-state index in [9.17, 15) is 4.79 Å². The molecule has 0 spiro atoms. The van der Waals surface area contributed by atoms with Crippen molar-refractivity contribution in [3.8, 4) is 12.3 Å². The van der Waals surface area contributed by atoms with Crippen LogP contribution in [0.3, 0.4) is 0 Å². The van der Waals surface area contributed by atoms with Gasteiger partial charge in [-0.15, -0.1) is 6.42 Å². The fourth-order valence-corrected chi connectivity index (χ4v) is 2.34. The summed E-state index contributed by atoms with van der Waals surface area (Å²) in [6.45, 7) is 0.563. The number of rotatable bonds is 4. The third kappa shape index (κ3) is 3.56. The van der Waals surface area contributed by atoms with Gasteiger partial charge >= 0.3 is 0 Å². The molecule has 0 fully saturated rings. The zero-order valence-corrected chi connectivity index (χ0v) is 13.4. The van der Waals surface area contributed by atoms with Crippen LogP contribution in [0, 0.1) is 15.9 Å². The maximum Gasteiger partial charge on any atom is 0.255 e. The second-order valence-electron chi connectivity index (χ2n) is 4.07. The first-order valence-electron chi connectivity index (χ1n) is 5.82. The van der Waals surface area contributed by atoms with Crippen molar-refractivity contribution in [3.05, 3.63) is 56.5 Å². The Morgan fingerprint density at radius 1 is 1.45 bits per heavy atom. The summed E-state index contributed by atoms with van der Waals surface area (Å²) in [6.07, 6.45) is 6.90. The zero-order valence-electron chi connectivity index (χ0n) is 10.5. The largest absolute Gasteiger partial charge is 0.467 e. The number of carbonyl (C=O) groups is 1. The Morgan fingerprint density at radius 2 is 2.25 bits per heavy atom. The van der Waals surface area contributed by atoms with Crippen molar-refractivity contribution in [1.29, 1.82) is 0 Å². The number of terminal acetylenes is 1. The van der Waals surface area contributed by atoms with E-state index in [0.717, 1.165) is 3.57 Å². The van der Waals surface area contributed by atoms with Crippen molar-refractivity contribution in [1.82, 2.24) is 4.90 Å². The summed E-state index contributed by atoms with van der Waals surface area (Å²) in [4.78, 5) is 14.0. The first-order chi connectivity index (χ1) is 9.61. The monoisotopic (exact) mass is 399 g/mol. The van der Waals surface area contributed by atoms with E-state index in [1.165, 1.54) is 0 Å². The molecule has 0 saturated carbocycles. The van der Waals surface area contributed by atoms with Crippen molar-refractivity contribution in [2.45, 2.75) is 6.54 Å². The second kappa shape index (κ2) is 6.82. The molecule has 1 aromatic heterocycles. The predicted octanol–water partition coefficient (Wildman–Crippen LogP) is 3.81. The molecule has 0 aliphatic heterocycles. The van der Waals surface area contributed by atoms with E-state index >= 15 is 0 Å². The molecular weight excluding hydrogens is 389 g/mol. The molecule has 1 aromatic carbocycles. The molecule has 0 aliphatic carbocycles. The fraction of sp³-hybridized carbons (Fsp3) is 0.133. The molecule has 0 bridgehead atoms. The van der Waals surface area contributed by atoms with Gasteiger partial charge in [-0.05, 0) is 52.9 Å². The lowest BCUT2D eigenvalue weighted by Gasteiger charge is -2.19. The van der Waals surface area contributed by atoms with E-state index in [1.807, 2.05) is 6.07 Å². The maximum atomic E-state index is 12.5. The van der Waals surface area contributed by atoms with Crippen LogP contribution < -0.4 is 0 Å². The van der Waals surface area contributed by atoms with Gasteiger partial charge in [0.15, 0.2) is 0 Å². The smallest absolute Gasteiger partial charge is 0.255 e. The molecule has 3 nitrogen and oxygen atoms in total. The van der Waals surface area contributed by atoms with Crippen LogP contribution in [0.2, 0.25) is 5.02 Å². The van der Waals surface area contributed by atoms with Gasteiger partial charge in [0.2, 0.25) is 0 Å². The number of hydrogen-bond donors (Lipinski definition) is 0. The Hall–Kier alpha value is -1.45. The number of amides is 1. The molecule has 2 rings (SSSR count). The summed E-state index contributed by atoms with van der Waals surface area (Å²) in [5.41, 5.74) is 0.556. The third-order valence-electron chi connectivity index (χ3n) is 2.66. The molecule has 102 valence electrons. The first-order valence-corrected chi connectivity index (χ1v) is 7.27. The zero-order chi connectivity index (χ0) is 14.5. The molecule has 1 amide bonds. The van der Waals surface area contributed by atoms with Gasteiger partial charge < -0.3 is 9.32 Å². The highest BCUT2D eigenvalue weighted by atomic mass is 127.